The second-order valence-electron chi connectivity index (χ2n) is 5.62. The average Bonchev–Trinajstić information content (AvgIpc) is 2.69. The van der Waals surface area contributed by atoms with Crippen LogP contribution in [0.1, 0.15) is 26.3 Å². The van der Waals surface area contributed by atoms with Crippen LogP contribution in [0.4, 0.5) is 5.69 Å². The van der Waals surface area contributed by atoms with E-state index in [-0.39, 0.29) is 5.91 Å². The second-order valence-corrected chi connectivity index (χ2v) is 6.54. The SMILES string of the molecule is O=C(Nc1ccccc1C(=O)N/N=C/c1ccccc1)c1cccc(Br)c1. The first-order valence-electron chi connectivity index (χ1n) is 8.18. The van der Waals surface area contributed by atoms with E-state index in [0.29, 0.717) is 16.8 Å². The summed E-state index contributed by atoms with van der Waals surface area (Å²) in [5.74, 6) is -0.711. The Morgan fingerprint density at radius 1 is 0.852 bits per heavy atom. The minimum absolute atomic E-state index is 0.302. The zero-order valence-corrected chi connectivity index (χ0v) is 15.8. The molecule has 6 heteroatoms. The second kappa shape index (κ2) is 8.91. The molecule has 0 aromatic heterocycles. The minimum Gasteiger partial charge on any atom is -0.321 e. The molecule has 0 bridgehead atoms. The maximum Gasteiger partial charge on any atom is 0.273 e. The van der Waals surface area contributed by atoms with Gasteiger partial charge < -0.3 is 5.32 Å². The molecule has 0 fully saturated rings. The molecular weight excluding hydrogens is 406 g/mol. The Bertz CT molecular complexity index is 987. The Balaban J connectivity index is 1.72. The van der Waals surface area contributed by atoms with Crippen LogP contribution in [0.3, 0.4) is 0 Å². The fourth-order valence-corrected chi connectivity index (χ4v) is 2.78. The molecular formula is C21H16BrN3O2. The van der Waals surface area contributed by atoms with Gasteiger partial charge in [0.25, 0.3) is 11.8 Å². The van der Waals surface area contributed by atoms with Crippen LogP contribution in [-0.2, 0) is 0 Å². The number of hydrogen-bond donors (Lipinski definition) is 2. The summed E-state index contributed by atoms with van der Waals surface area (Å²) in [5, 5.41) is 6.74. The zero-order chi connectivity index (χ0) is 19.1. The molecule has 0 saturated carbocycles. The number of benzene rings is 3. The van der Waals surface area contributed by atoms with Crippen molar-refractivity contribution in [1.82, 2.24) is 5.43 Å². The molecule has 0 spiro atoms. The predicted molar refractivity (Wildman–Crippen MR) is 110 cm³/mol. The highest BCUT2D eigenvalue weighted by atomic mass is 79.9. The standard InChI is InChI=1S/C21H16BrN3O2/c22-17-10-6-9-16(13-17)20(26)24-19-12-5-4-11-18(19)21(27)25-23-14-15-7-2-1-3-8-15/h1-14H,(H,24,26)(H,25,27)/b23-14+. The first kappa shape index (κ1) is 18.5. The quantitative estimate of drug-likeness (QED) is 0.471. The maximum absolute atomic E-state index is 12.4. The molecule has 0 radical (unpaired) electrons. The van der Waals surface area contributed by atoms with Crippen molar-refractivity contribution in [1.29, 1.82) is 0 Å². The van der Waals surface area contributed by atoms with E-state index in [1.165, 1.54) is 0 Å². The molecule has 0 saturated heterocycles. The fourth-order valence-electron chi connectivity index (χ4n) is 2.38. The number of rotatable bonds is 5. The number of para-hydroxylation sites is 1. The van der Waals surface area contributed by atoms with Gasteiger partial charge in [-0.05, 0) is 35.9 Å². The summed E-state index contributed by atoms with van der Waals surface area (Å²) in [7, 11) is 0. The fraction of sp³-hybridized carbons (Fsp3) is 0. The number of hydrazone groups is 1. The molecule has 2 amide bonds. The van der Waals surface area contributed by atoms with E-state index in [1.807, 2.05) is 36.4 Å². The lowest BCUT2D eigenvalue weighted by Crippen LogP contribution is -2.21. The summed E-state index contributed by atoms with van der Waals surface area (Å²) < 4.78 is 0.802. The highest BCUT2D eigenvalue weighted by Crippen LogP contribution is 2.18. The number of carbonyl (C=O) groups excluding carboxylic acids is 2. The molecule has 0 aliphatic carbocycles. The third-order valence-electron chi connectivity index (χ3n) is 3.69. The van der Waals surface area contributed by atoms with Crippen LogP contribution in [0.5, 0.6) is 0 Å². The molecule has 0 unspecified atom stereocenters. The Morgan fingerprint density at radius 3 is 2.37 bits per heavy atom. The molecule has 3 aromatic carbocycles. The van der Waals surface area contributed by atoms with Gasteiger partial charge in [0.15, 0.2) is 0 Å². The number of anilines is 1. The molecule has 0 aliphatic rings. The number of nitrogens with one attached hydrogen (secondary N) is 2. The molecule has 134 valence electrons. The van der Waals surface area contributed by atoms with Gasteiger partial charge in [-0.3, -0.25) is 9.59 Å². The summed E-state index contributed by atoms with van der Waals surface area (Å²) in [6.07, 6.45) is 1.56. The molecule has 0 atom stereocenters. The Kier molecular flexibility index (Phi) is 6.12. The van der Waals surface area contributed by atoms with Crippen molar-refractivity contribution in [3.05, 3.63) is 100 Å². The molecule has 5 nitrogen and oxygen atoms in total. The minimum atomic E-state index is -0.410. The first-order valence-corrected chi connectivity index (χ1v) is 8.97. The van der Waals surface area contributed by atoms with Crippen LogP contribution in [0, 0.1) is 0 Å². The van der Waals surface area contributed by atoms with Crippen LogP contribution in [0.25, 0.3) is 0 Å². The largest absolute Gasteiger partial charge is 0.321 e. The van der Waals surface area contributed by atoms with Gasteiger partial charge in [0.1, 0.15) is 0 Å². The highest BCUT2D eigenvalue weighted by Gasteiger charge is 2.13. The third-order valence-corrected chi connectivity index (χ3v) is 4.18. The summed E-state index contributed by atoms with van der Waals surface area (Å²) in [5.41, 5.74) is 4.58. The van der Waals surface area contributed by atoms with Crippen molar-refractivity contribution in [2.24, 2.45) is 5.10 Å². The van der Waals surface area contributed by atoms with Crippen LogP contribution < -0.4 is 10.7 Å². The van der Waals surface area contributed by atoms with Gasteiger partial charge in [0, 0.05) is 10.0 Å². The molecule has 3 rings (SSSR count). The van der Waals surface area contributed by atoms with Gasteiger partial charge in [-0.15, -0.1) is 0 Å². The van der Waals surface area contributed by atoms with Crippen molar-refractivity contribution in [2.75, 3.05) is 5.32 Å². The number of halogens is 1. The lowest BCUT2D eigenvalue weighted by Gasteiger charge is -2.10. The van der Waals surface area contributed by atoms with Crippen molar-refractivity contribution >= 4 is 39.6 Å². The first-order chi connectivity index (χ1) is 13.1. The summed E-state index contributed by atoms with van der Waals surface area (Å²) >= 11 is 3.34. The van der Waals surface area contributed by atoms with Crippen molar-refractivity contribution < 1.29 is 9.59 Å². The van der Waals surface area contributed by atoms with Crippen molar-refractivity contribution in [3.8, 4) is 0 Å². The van der Waals surface area contributed by atoms with Gasteiger partial charge in [0.05, 0.1) is 17.5 Å². The summed E-state index contributed by atoms with van der Waals surface area (Å²) in [4.78, 5) is 24.9. The molecule has 0 aliphatic heterocycles. The molecule has 27 heavy (non-hydrogen) atoms. The van der Waals surface area contributed by atoms with Gasteiger partial charge in [-0.25, -0.2) is 5.43 Å². The normalized spacial score (nSPS) is 10.6. The molecule has 0 heterocycles. The van der Waals surface area contributed by atoms with Crippen LogP contribution >= 0.6 is 15.9 Å². The topological polar surface area (TPSA) is 70.6 Å². The van der Waals surface area contributed by atoms with Gasteiger partial charge in [0.2, 0.25) is 0 Å². The number of hydrogen-bond acceptors (Lipinski definition) is 3. The van der Waals surface area contributed by atoms with E-state index in [2.05, 4.69) is 31.8 Å². The van der Waals surface area contributed by atoms with E-state index in [0.717, 1.165) is 10.0 Å². The number of amides is 2. The monoisotopic (exact) mass is 421 g/mol. The highest BCUT2D eigenvalue weighted by molar-refractivity contribution is 9.10. The predicted octanol–water partition coefficient (Wildman–Crippen LogP) is 4.47. The van der Waals surface area contributed by atoms with Crippen LogP contribution in [-0.4, -0.2) is 18.0 Å². The van der Waals surface area contributed by atoms with E-state index in [1.54, 1.807) is 48.7 Å². The van der Waals surface area contributed by atoms with E-state index < -0.39 is 5.91 Å². The van der Waals surface area contributed by atoms with Gasteiger partial charge in [-0.2, -0.15) is 5.10 Å². The third kappa shape index (κ3) is 5.12. The molecule has 2 N–H and O–H groups in total. The number of carbonyl (C=O) groups is 2. The average molecular weight is 422 g/mol. The summed E-state index contributed by atoms with van der Waals surface area (Å²) in [6, 6.07) is 23.2. The Labute approximate surface area is 165 Å². The van der Waals surface area contributed by atoms with Crippen LogP contribution in [0.2, 0.25) is 0 Å². The van der Waals surface area contributed by atoms with Crippen LogP contribution in [0.15, 0.2) is 88.4 Å². The number of nitrogens with zero attached hydrogens (tertiary/aromatic N) is 1. The Hall–Kier alpha value is -3.25. The van der Waals surface area contributed by atoms with Gasteiger partial charge >= 0.3 is 0 Å². The van der Waals surface area contributed by atoms with Crippen molar-refractivity contribution in [2.45, 2.75) is 0 Å². The lowest BCUT2D eigenvalue weighted by molar-refractivity contribution is 0.0956. The lowest BCUT2D eigenvalue weighted by atomic mass is 10.1. The smallest absolute Gasteiger partial charge is 0.273 e. The maximum atomic E-state index is 12.4. The van der Waals surface area contributed by atoms with Crippen molar-refractivity contribution in [3.63, 3.8) is 0 Å². The zero-order valence-electron chi connectivity index (χ0n) is 14.2. The Morgan fingerprint density at radius 2 is 1.59 bits per heavy atom. The summed E-state index contributed by atoms with van der Waals surface area (Å²) in [6.45, 7) is 0. The van der Waals surface area contributed by atoms with E-state index in [4.69, 9.17) is 0 Å². The van der Waals surface area contributed by atoms with E-state index >= 15 is 0 Å². The van der Waals surface area contributed by atoms with E-state index in [9.17, 15) is 9.59 Å². The molecule has 3 aromatic rings. The van der Waals surface area contributed by atoms with Gasteiger partial charge in [-0.1, -0.05) is 64.5 Å².